The van der Waals surface area contributed by atoms with Gasteiger partial charge < -0.3 is 0 Å². The second kappa shape index (κ2) is 4.05. The molecule has 0 saturated heterocycles. The van der Waals surface area contributed by atoms with Crippen LogP contribution in [0.2, 0.25) is 0 Å². The zero-order chi connectivity index (χ0) is 9.80. The SMILES string of the molecule is Cc1cccc(C2=CCC=CC=C2)n1. The Hall–Kier alpha value is -1.63. The normalized spacial score (nSPS) is 15.1. The number of hydrogen-bond acceptors (Lipinski definition) is 1. The van der Waals surface area contributed by atoms with Gasteiger partial charge >= 0.3 is 0 Å². The molecular formula is C13H13N. The highest BCUT2D eigenvalue weighted by atomic mass is 14.7. The lowest BCUT2D eigenvalue weighted by molar-refractivity contribution is 1.17. The predicted molar refractivity (Wildman–Crippen MR) is 59.8 cm³/mol. The Bertz CT molecular complexity index is 411. The summed E-state index contributed by atoms with van der Waals surface area (Å²) in [6, 6.07) is 6.11. The maximum atomic E-state index is 4.49. The van der Waals surface area contributed by atoms with Gasteiger partial charge in [-0.2, -0.15) is 0 Å². The Kier molecular flexibility index (Phi) is 2.59. The first-order chi connectivity index (χ1) is 6.86. The molecule has 0 unspecified atom stereocenters. The van der Waals surface area contributed by atoms with Crippen LogP contribution in [0, 0.1) is 6.92 Å². The second-order valence-electron chi connectivity index (χ2n) is 3.35. The smallest absolute Gasteiger partial charge is 0.0702 e. The summed E-state index contributed by atoms with van der Waals surface area (Å²) in [4.78, 5) is 4.49. The van der Waals surface area contributed by atoms with Crippen molar-refractivity contribution in [1.82, 2.24) is 4.98 Å². The molecule has 1 aliphatic rings. The van der Waals surface area contributed by atoms with Crippen molar-refractivity contribution in [2.45, 2.75) is 13.3 Å². The molecule has 1 aromatic heterocycles. The van der Waals surface area contributed by atoms with E-state index in [1.165, 1.54) is 5.57 Å². The van der Waals surface area contributed by atoms with Gasteiger partial charge in [0.25, 0.3) is 0 Å². The maximum Gasteiger partial charge on any atom is 0.0702 e. The second-order valence-corrected chi connectivity index (χ2v) is 3.35. The molecule has 0 amide bonds. The summed E-state index contributed by atoms with van der Waals surface area (Å²) in [5.41, 5.74) is 3.33. The van der Waals surface area contributed by atoms with Crippen molar-refractivity contribution in [1.29, 1.82) is 0 Å². The molecule has 1 aliphatic carbocycles. The fourth-order valence-corrected chi connectivity index (χ4v) is 1.47. The minimum absolute atomic E-state index is 0.984. The largest absolute Gasteiger partial charge is 0.253 e. The van der Waals surface area contributed by atoms with E-state index in [1.807, 2.05) is 19.1 Å². The molecule has 1 heterocycles. The van der Waals surface area contributed by atoms with Gasteiger partial charge in [0.15, 0.2) is 0 Å². The van der Waals surface area contributed by atoms with Gasteiger partial charge in [0, 0.05) is 5.69 Å². The van der Waals surface area contributed by atoms with Crippen molar-refractivity contribution in [2.75, 3.05) is 0 Å². The Balaban J connectivity index is 2.35. The maximum absolute atomic E-state index is 4.49. The third-order valence-electron chi connectivity index (χ3n) is 2.18. The van der Waals surface area contributed by atoms with Crippen LogP contribution in [0.1, 0.15) is 17.8 Å². The summed E-state index contributed by atoms with van der Waals surface area (Å²) in [6.45, 7) is 2.02. The van der Waals surface area contributed by atoms with E-state index >= 15 is 0 Å². The van der Waals surface area contributed by atoms with E-state index < -0.39 is 0 Å². The van der Waals surface area contributed by atoms with Crippen molar-refractivity contribution in [3.63, 3.8) is 0 Å². The van der Waals surface area contributed by atoms with Gasteiger partial charge in [0.05, 0.1) is 5.69 Å². The highest BCUT2D eigenvalue weighted by molar-refractivity contribution is 5.72. The van der Waals surface area contributed by atoms with Crippen molar-refractivity contribution in [3.05, 3.63) is 60.0 Å². The van der Waals surface area contributed by atoms with E-state index in [9.17, 15) is 0 Å². The Labute approximate surface area is 84.5 Å². The topological polar surface area (TPSA) is 12.9 Å². The minimum atomic E-state index is 0.984. The zero-order valence-electron chi connectivity index (χ0n) is 8.27. The fraction of sp³-hybridized carbons (Fsp3) is 0.154. The van der Waals surface area contributed by atoms with Crippen molar-refractivity contribution in [2.24, 2.45) is 0 Å². The predicted octanol–water partition coefficient (Wildman–Crippen LogP) is 3.29. The number of hydrogen-bond donors (Lipinski definition) is 0. The van der Waals surface area contributed by atoms with Crippen LogP contribution in [0.3, 0.4) is 0 Å². The Morgan fingerprint density at radius 1 is 1.21 bits per heavy atom. The third kappa shape index (κ3) is 1.99. The third-order valence-corrected chi connectivity index (χ3v) is 2.18. The molecule has 0 aliphatic heterocycles. The quantitative estimate of drug-likeness (QED) is 0.651. The molecule has 1 heteroatoms. The van der Waals surface area contributed by atoms with Crippen molar-refractivity contribution < 1.29 is 0 Å². The van der Waals surface area contributed by atoms with E-state index in [4.69, 9.17) is 0 Å². The first-order valence-corrected chi connectivity index (χ1v) is 4.84. The molecule has 0 saturated carbocycles. The summed E-state index contributed by atoms with van der Waals surface area (Å²) in [6.07, 6.45) is 11.5. The number of rotatable bonds is 1. The lowest BCUT2D eigenvalue weighted by Gasteiger charge is -2.01. The Morgan fingerprint density at radius 2 is 2.14 bits per heavy atom. The van der Waals surface area contributed by atoms with Gasteiger partial charge in [0.2, 0.25) is 0 Å². The number of aryl methyl sites for hydroxylation is 1. The Morgan fingerprint density at radius 3 is 3.00 bits per heavy atom. The number of allylic oxidation sites excluding steroid dienone is 6. The average molecular weight is 183 g/mol. The van der Waals surface area contributed by atoms with Crippen LogP contribution in [0.4, 0.5) is 0 Å². The van der Waals surface area contributed by atoms with Crippen LogP contribution >= 0.6 is 0 Å². The van der Waals surface area contributed by atoms with Crippen LogP contribution in [-0.2, 0) is 0 Å². The average Bonchev–Trinajstić information content (AvgIpc) is 2.45. The molecule has 2 rings (SSSR count). The van der Waals surface area contributed by atoms with E-state index in [0.717, 1.165) is 17.8 Å². The van der Waals surface area contributed by atoms with Crippen LogP contribution < -0.4 is 0 Å². The van der Waals surface area contributed by atoms with Gasteiger partial charge in [-0.25, -0.2) is 0 Å². The molecule has 0 spiro atoms. The van der Waals surface area contributed by atoms with Crippen LogP contribution in [0.5, 0.6) is 0 Å². The molecular weight excluding hydrogens is 170 g/mol. The summed E-state index contributed by atoms with van der Waals surface area (Å²) in [5.74, 6) is 0. The van der Waals surface area contributed by atoms with Gasteiger partial charge in [-0.3, -0.25) is 4.98 Å². The fourth-order valence-electron chi connectivity index (χ4n) is 1.47. The molecule has 1 nitrogen and oxygen atoms in total. The summed E-state index contributed by atoms with van der Waals surface area (Å²) in [5, 5.41) is 0. The van der Waals surface area contributed by atoms with Crippen LogP contribution in [0.15, 0.2) is 48.6 Å². The minimum Gasteiger partial charge on any atom is -0.253 e. The number of nitrogens with zero attached hydrogens (tertiary/aromatic N) is 1. The van der Waals surface area contributed by atoms with E-state index in [0.29, 0.717) is 0 Å². The lowest BCUT2D eigenvalue weighted by Crippen LogP contribution is -1.88. The first-order valence-electron chi connectivity index (χ1n) is 4.84. The molecule has 70 valence electrons. The molecule has 1 aromatic rings. The molecule has 0 radical (unpaired) electrons. The molecule has 0 atom stereocenters. The molecule has 14 heavy (non-hydrogen) atoms. The molecule has 0 aromatic carbocycles. The summed E-state index contributed by atoms with van der Waals surface area (Å²) >= 11 is 0. The summed E-state index contributed by atoms with van der Waals surface area (Å²) in [7, 11) is 0. The molecule has 0 fully saturated rings. The van der Waals surface area contributed by atoms with E-state index in [2.05, 4.69) is 41.4 Å². The van der Waals surface area contributed by atoms with E-state index in [1.54, 1.807) is 0 Å². The van der Waals surface area contributed by atoms with E-state index in [-0.39, 0.29) is 0 Å². The number of pyridine rings is 1. The molecule has 0 N–H and O–H groups in total. The monoisotopic (exact) mass is 183 g/mol. The van der Waals surface area contributed by atoms with Crippen LogP contribution in [0.25, 0.3) is 5.57 Å². The van der Waals surface area contributed by atoms with Crippen molar-refractivity contribution in [3.8, 4) is 0 Å². The first kappa shape index (κ1) is 8.95. The van der Waals surface area contributed by atoms with Gasteiger partial charge in [-0.15, -0.1) is 0 Å². The zero-order valence-corrected chi connectivity index (χ0v) is 8.27. The lowest BCUT2D eigenvalue weighted by atomic mass is 10.1. The number of aromatic nitrogens is 1. The summed E-state index contributed by atoms with van der Waals surface area (Å²) < 4.78 is 0. The van der Waals surface area contributed by atoms with Gasteiger partial charge in [-0.05, 0) is 31.1 Å². The molecule has 0 bridgehead atoms. The van der Waals surface area contributed by atoms with Crippen LogP contribution in [-0.4, -0.2) is 4.98 Å². The van der Waals surface area contributed by atoms with Gasteiger partial charge in [0.1, 0.15) is 0 Å². The van der Waals surface area contributed by atoms with Crippen molar-refractivity contribution >= 4 is 5.57 Å². The standard InChI is InChI=1S/C13H13N/c1-11-7-6-10-13(14-11)12-8-4-2-3-5-9-12/h2-4,6-10H,5H2,1H3. The van der Waals surface area contributed by atoms with Gasteiger partial charge in [-0.1, -0.05) is 36.4 Å². The highest BCUT2D eigenvalue weighted by Crippen LogP contribution is 2.16. The highest BCUT2D eigenvalue weighted by Gasteiger charge is 1.99.